The highest BCUT2D eigenvalue weighted by atomic mass is 16.5. The lowest BCUT2D eigenvalue weighted by molar-refractivity contribution is -0.132. The molecule has 0 bridgehead atoms. The van der Waals surface area contributed by atoms with E-state index in [0.717, 1.165) is 16.5 Å². The summed E-state index contributed by atoms with van der Waals surface area (Å²) in [6.45, 7) is 3.40. The summed E-state index contributed by atoms with van der Waals surface area (Å²) in [5.41, 5.74) is 2.16. The van der Waals surface area contributed by atoms with Crippen molar-refractivity contribution in [3.63, 3.8) is 0 Å². The van der Waals surface area contributed by atoms with Gasteiger partial charge in [-0.1, -0.05) is 18.2 Å². The summed E-state index contributed by atoms with van der Waals surface area (Å²) in [4.78, 5) is 13.8. The molecule has 1 aromatic carbocycles. The van der Waals surface area contributed by atoms with Gasteiger partial charge in [-0.05, 0) is 12.5 Å². The Bertz CT molecular complexity index is 485. The summed E-state index contributed by atoms with van der Waals surface area (Å²) in [5.74, 6) is 0.191. The molecular formula is C11H11NO2. The van der Waals surface area contributed by atoms with Crippen molar-refractivity contribution in [3.05, 3.63) is 29.8 Å². The van der Waals surface area contributed by atoms with E-state index >= 15 is 0 Å². The molecule has 0 fully saturated rings. The van der Waals surface area contributed by atoms with E-state index in [-0.39, 0.29) is 5.97 Å². The number of H-pyrrole nitrogens is 1. The van der Waals surface area contributed by atoms with E-state index in [9.17, 15) is 4.79 Å². The smallest absolute Gasteiger partial charge is 0.309 e. The minimum Gasteiger partial charge on any atom is -0.410 e. The van der Waals surface area contributed by atoms with Gasteiger partial charge in [0.25, 0.3) is 0 Å². The molecule has 2 aromatic rings. The number of nitrogens with one attached hydrogen (secondary N) is 1. The van der Waals surface area contributed by atoms with E-state index in [2.05, 4.69) is 4.98 Å². The molecule has 0 aliphatic carbocycles. The fourth-order valence-electron chi connectivity index (χ4n) is 1.49. The van der Waals surface area contributed by atoms with Crippen LogP contribution in [0, 0.1) is 6.92 Å². The molecule has 1 heterocycles. The van der Waals surface area contributed by atoms with Crippen molar-refractivity contribution >= 4 is 16.9 Å². The van der Waals surface area contributed by atoms with Crippen molar-refractivity contribution in [2.75, 3.05) is 0 Å². The molecule has 2 rings (SSSR count). The molecule has 0 saturated carbocycles. The molecule has 0 spiro atoms. The number of aromatic amines is 1. The number of aryl methyl sites for hydroxylation is 1. The Balaban J connectivity index is 2.51. The maximum absolute atomic E-state index is 10.7. The predicted molar refractivity (Wildman–Crippen MR) is 54.3 cm³/mol. The Hall–Kier alpha value is -1.77. The first-order chi connectivity index (χ1) is 6.66. The first-order valence-corrected chi connectivity index (χ1v) is 4.43. The Morgan fingerprint density at radius 3 is 2.86 bits per heavy atom. The van der Waals surface area contributed by atoms with Gasteiger partial charge in [0.05, 0.1) is 5.52 Å². The SMILES string of the molecule is CC(=O)Oc1cc2cccc(C)c2[nH]1. The summed E-state index contributed by atoms with van der Waals surface area (Å²) in [6.07, 6.45) is 0. The number of aromatic nitrogens is 1. The molecular weight excluding hydrogens is 178 g/mol. The van der Waals surface area contributed by atoms with E-state index in [1.165, 1.54) is 6.92 Å². The van der Waals surface area contributed by atoms with Gasteiger partial charge in [0, 0.05) is 18.4 Å². The van der Waals surface area contributed by atoms with Gasteiger partial charge in [0.2, 0.25) is 5.88 Å². The van der Waals surface area contributed by atoms with Crippen LogP contribution in [0.4, 0.5) is 0 Å². The van der Waals surface area contributed by atoms with Gasteiger partial charge in [-0.2, -0.15) is 0 Å². The molecule has 14 heavy (non-hydrogen) atoms. The molecule has 0 saturated heterocycles. The molecule has 72 valence electrons. The van der Waals surface area contributed by atoms with Crippen LogP contribution in [0.15, 0.2) is 24.3 Å². The normalized spacial score (nSPS) is 10.4. The number of hydrogen-bond donors (Lipinski definition) is 1. The number of fused-ring (bicyclic) bond motifs is 1. The van der Waals surface area contributed by atoms with Gasteiger partial charge in [-0.25, -0.2) is 0 Å². The number of carbonyl (C=O) groups is 1. The summed E-state index contributed by atoms with van der Waals surface area (Å²) in [7, 11) is 0. The Morgan fingerprint density at radius 2 is 2.21 bits per heavy atom. The van der Waals surface area contributed by atoms with Gasteiger partial charge in [0.15, 0.2) is 0 Å². The monoisotopic (exact) mass is 189 g/mol. The lowest BCUT2D eigenvalue weighted by Crippen LogP contribution is -2.00. The van der Waals surface area contributed by atoms with Crippen molar-refractivity contribution < 1.29 is 9.53 Å². The molecule has 0 radical (unpaired) electrons. The maximum atomic E-state index is 10.7. The minimum absolute atomic E-state index is 0.311. The quantitative estimate of drug-likeness (QED) is 0.700. The minimum atomic E-state index is -0.311. The first-order valence-electron chi connectivity index (χ1n) is 4.43. The number of benzene rings is 1. The highest BCUT2D eigenvalue weighted by molar-refractivity contribution is 5.85. The Kier molecular flexibility index (Phi) is 2.00. The zero-order valence-electron chi connectivity index (χ0n) is 8.13. The van der Waals surface area contributed by atoms with Gasteiger partial charge in [0.1, 0.15) is 0 Å². The van der Waals surface area contributed by atoms with Crippen LogP contribution >= 0.6 is 0 Å². The van der Waals surface area contributed by atoms with Gasteiger partial charge < -0.3 is 9.72 Å². The van der Waals surface area contributed by atoms with Crippen LogP contribution in [0.5, 0.6) is 5.88 Å². The molecule has 0 atom stereocenters. The fourth-order valence-corrected chi connectivity index (χ4v) is 1.49. The highest BCUT2D eigenvalue weighted by Gasteiger charge is 2.04. The molecule has 0 amide bonds. The van der Waals surface area contributed by atoms with E-state index in [4.69, 9.17) is 4.74 Å². The summed E-state index contributed by atoms with van der Waals surface area (Å²) in [5, 5.41) is 1.06. The summed E-state index contributed by atoms with van der Waals surface area (Å²) in [6, 6.07) is 7.79. The van der Waals surface area contributed by atoms with Crippen LogP contribution in [0.2, 0.25) is 0 Å². The van der Waals surface area contributed by atoms with Crippen LogP contribution in [0.3, 0.4) is 0 Å². The van der Waals surface area contributed by atoms with Crippen LogP contribution in [-0.4, -0.2) is 11.0 Å². The van der Waals surface area contributed by atoms with Crippen LogP contribution in [0.1, 0.15) is 12.5 Å². The third-order valence-electron chi connectivity index (χ3n) is 2.09. The number of ether oxygens (including phenoxy) is 1. The second-order valence-corrected chi connectivity index (χ2v) is 3.27. The second-order valence-electron chi connectivity index (χ2n) is 3.27. The zero-order chi connectivity index (χ0) is 10.1. The third kappa shape index (κ3) is 1.48. The molecule has 1 aromatic heterocycles. The first kappa shape index (κ1) is 8.81. The lowest BCUT2D eigenvalue weighted by atomic mass is 10.2. The third-order valence-corrected chi connectivity index (χ3v) is 2.09. The van der Waals surface area contributed by atoms with Crippen LogP contribution < -0.4 is 4.74 Å². The van der Waals surface area contributed by atoms with Gasteiger partial charge >= 0.3 is 5.97 Å². The number of hydrogen-bond acceptors (Lipinski definition) is 2. The Morgan fingerprint density at radius 1 is 1.43 bits per heavy atom. The number of para-hydroxylation sites is 1. The molecule has 3 heteroatoms. The molecule has 3 nitrogen and oxygen atoms in total. The molecule has 1 N–H and O–H groups in total. The Labute approximate surface area is 81.7 Å². The van der Waals surface area contributed by atoms with Crippen LogP contribution in [0.25, 0.3) is 10.9 Å². The zero-order valence-corrected chi connectivity index (χ0v) is 8.13. The molecule has 0 aliphatic heterocycles. The van der Waals surface area contributed by atoms with Crippen molar-refractivity contribution in [1.29, 1.82) is 0 Å². The van der Waals surface area contributed by atoms with Crippen molar-refractivity contribution in [2.24, 2.45) is 0 Å². The van der Waals surface area contributed by atoms with Crippen molar-refractivity contribution in [1.82, 2.24) is 4.98 Å². The van der Waals surface area contributed by atoms with E-state index in [1.807, 2.05) is 31.2 Å². The summed E-state index contributed by atoms with van der Waals surface area (Å²) < 4.78 is 4.96. The van der Waals surface area contributed by atoms with Crippen molar-refractivity contribution in [3.8, 4) is 5.88 Å². The largest absolute Gasteiger partial charge is 0.410 e. The van der Waals surface area contributed by atoms with Crippen LogP contribution in [-0.2, 0) is 4.79 Å². The predicted octanol–water partition coefficient (Wildman–Crippen LogP) is 2.40. The topological polar surface area (TPSA) is 42.1 Å². The van der Waals surface area contributed by atoms with E-state index < -0.39 is 0 Å². The molecule has 0 aliphatic rings. The van der Waals surface area contributed by atoms with E-state index in [1.54, 1.807) is 0 Å². The molecule has 0 unspecified atom stereocenters. The van der Waals surface area contributed by atoms with Gasteiger partial charge in [-0.15, -0.1) is 0 Å². The number of rotatable bonds is 1. The standard InChI is InChI=1S/C11H11NO2/c1-7-4-3-5-9-6-10(12-11(7)9)14-8(2)13/h3-6,12H,1-2H3. The van der Waals surface area contributed by atoms with Gasteiger partial charge in [-0.3, -0.25) is 4.79 Å². The second kappa shape index (κ2) is 3.18. The summed E-state index contributed by atoms with van der Waals surface area (Å²) >= 11 is 0. The fraction of sp³-hybridized carbons (Fsp3) is 0.182. The number of esters is 1. The lowest BCUT2D eigenvalue weighted by Gasteiger charge is -1.95. The maximum Gasteiger partial charge on any atom is 0.309 e. The van der Waals surface area contributed by atoms with Crippen molar-refractivity contribution in [2.45, 2.75) is 13.8 Å². The average Bonchev–Trinajstić information content (AvgIpc) is 2.47. The highest BCUT2D eigenvalue weighted by Crippen LogP contribution is 2.22. The number of carbonyl (C=O) groups excluding carboxylic acids is 1. The van der Waals surface area contributed by atoms with E-state index in [0.29, 0.717) is 5.88 Å². The average molecular weight is 189 g/mol.